The van der Waals surface area contributed by atoms with Gasteiger partial charge in [-0.1, -0.05) is 18.2 Å². The highest BCUT2D eigenvalue weighted by Crippen LogP contribution is 2.27. The predicted octanol–water partition coefficient (Wildman–Crippen LogP) is 2.97. The third-order valence-electron chi connectivity index (χ3n) is 3.67. The third-order valence-corrected chi connectivity index (χ3v) is 3.67. The molecule has 0 unspecified atom stereocenters. The van der Waals surface area contributed by atoms with Crippen molar-refractivity contribution in [3.8, 4) is 5.75 Å². The molecule has 0 aliphatic heterocycles. The molecule has 0 N–H and O–H groups in total. The lowest BCUT2D eigenvalue weighted by atomic mass is 10.2. The number of hydrogen-bond donors (Lipinski definition) is 0. The van der Waals surface area contributed by atoms with Crippen LogP contribution >= 0.6 is 0 Å². The third kappa shape index (κ3) is 3.65. The number of alkyl halides is 3. The van der Waals surface area contributed by atoms with Crippen molar-refractivity contribution in [3.05, 3.63) is 47.8 Å². The average Bonchev–Trinajstić information content (AvgIpc) is 2.99. The smallest absolute Gasteiger partial charge is 0.453 e. The molecule has 2 aromatic heterocycles. The molecule has 0 spiro atoms. The molecule has 3 aromatic rings. The normalized spacial score (nSPS) is 11.7. The van der Waals surface area contributed by atoms with Gasteiger partial charge in [0, 0.05) is 7.05 Å². The van der Waals surface area contributed by atoms with Crippen LogP contribution in [0.1, 0.15) is 11.4 Å². The Balaban J connectivity index is 1.71. The summed E-state index contributed by atoms with van der Waals surface area (Å²) < 4.78 is 45.1. The van der Waals surface area contributed by atoms with E-state index in [2.05, 4.69) is 15.3 Å². The molecule has 6 nitrogen and oxygen atoms in total. The van der Waals surface area contributed by atoms with E-state index >= 15 is 0 Å². The first kappa shape index (κ1) is 17.0. The van der Waals surface area contributed by atoms with Crippen LogP contribution in [0.4, 0.5) is 19.0 Å². The molecule has 0 saturated carbocycles. The number of aryl methyl sites for hydroxylation is 1. The van der Waals surface area contributed by atoms with Crippen molar-refractivity contribution in [1.82, 2.24) is 19.8 Å². The van der Waals surface area contributed by atoms with Gasteiger partial charge in [0.15, 0.2) is 5.65 Å². The summed E-state index contributed by atoms with van der Waals surface area (Å²) in [6, 6.07) is 10.7. The molecule has 0 atom stereocenters. The topological polar surface area (TPSA) is 55.5 Å². The maximum absolute atomic E-state index is 12.9. The fourth-order valence-corrected chi connectivity index (χ4v) is 2.29. The first-order valence-electron chi connectivity index (χ1n) is 7.55. The Morgan fingerprint density at radius 1 is 1.12 bits per heavy atom. The second-order valence-electron chi connectivity index (χ2n) is 5.52. The molecular weight excluding hydrogens is 335 g/mol. The summed E-state index contributed by atoms with van der Waals surface area (Å²) in [6.07, 6.45) is -4.61. The Bertz CT molecular complexity index is 878. The number of aromatic nitrogens is 4. The summed E-state index contributed by atoms with van der Waals surface area (Å²) in [5.41, 5.74) is 1.06. The lowest BCUT2D eigenvalue weighted by molar-refractivity contribution is -0.146. The lowest BCUT2D eigenvalue weighted by Crippen LogP contribution is -2.25. The zero-order chi connectivity index (χ0) is 18.0. The second-order valence-corrected chi connectivity index (χ2v) is 5.52. The minimum Gasteiger partial charge on any atom is -0.491 e. The zero-order valence-corrected chi connectivity index (χ0v) is 13.7. The molecule has 0 bridgehead atoms. The van der Waals surface area contributed by atoms with Crippen LogP contribution in [0.25, 0.3) is 5.65 Å². The van der Waals surface area contributed by atoms with Crippen molar-refractivity contribution >= 4 is 11.5 Å². The van der Waals surface area contributed by atoms with Gasteiger partial charge in [0.1, 0.15) is 18.2 Å². The van der Waals surface area contributed by atoms with E-state index in [0.717, 1.165) is 11.3 Å². The number of fused-ring (bicyclic) bond motifs is 1. The van der Waals surface area contributed by atoms with E-state index in [1.807, 2.05) is 31.2 Å². The maximum atomic E-state index is 12.9. The van der Waals surface area contributed by atoms with Gasteiger partial charge < -0.3 is 9.64 Å². The first-order valence-corrected chi connectivity index (χ1v) is 7.55. The van der Waals surface area contributed by atoms with Crippen LogP contribution in [0.15, 0.2) is 36.4 Å². The van der Waals surface area contributed by atoms with Crippen molar-refractivity contribution in [2.45, 2.75) is 13.1 Å². The van der Waals surface area contributed by atoms with E-state index in [1.54, 1.807) is 18.0 Å². The molecular formula is C16H16F3N5O. The highest BCUT2D eigenvalue weighted by Gasteiger charge is 2.37. The number of hydrogen-bond acceptors (Lipinski definition) is 5. The van der Waals surface area contributed by atoms with Crippen molar-refractivity contribution in [1.29, 1.82) is 0 Å². The Morgan fingerprint density at radius 3 is 2.60 bits per heavy atom. The van der Waals surface area contributed by atoms with E-state index in [9.17, 15) is 13.2 Å². The molecule has 0 aliphatic carbocycles. The molecule has 1 aromatic carbocycles. The Hall–Kier alpha value is -2.84. The van der Waals surface area contributed by atoms with E-state index in [0.29, 0.717) is 23.5 Å². The van der Waals surface area contributed by atoms with Crippen LogP contribution in [-0.2, 0) is 6.18 Å². The number of nitrogens with zero attached hydrogens (tertiary/aromatic N) is 5. The van der Waals surface area contributed by atoms with Crippen LogP contribution < -0.4 is 9.64 Å². The van der Waals surface area contributed by atoms with Crippen molar-refractivity contribution in [2.24, 2.45) is 0 Å². The molecule has 9 heteroatoms. The van der Waals surface area contributed by atoms with Gasteiger partial charge >= 0.3 is 6.18 Å². The van der Waals surface area contributed by atoms with Gasteiger partial charge in [0.05, 0.1) is 6.54 Å². The summed E-state index contributed by atoms with van der Waals surface area (Å²) in [7, 11) is 1.73. The molecule has 0 fully saturated rings. The van der Waals surface area contributed by atoms with Crippen LogP contribution in [0.3, 0.4) is 0 Å². The largest absolute Gasteiger partial charge is 0.491 e. The van der Waals surface area contributed by atoms with Gasteiger partial charge in [-0.15, -0.1) is 15.3 Å². The van der Waals surface area contributed by atoms with Gasteiger partial charge in [0.25, 0.3) is 5.82 Å². The number of likely N-dealkylation sites (N-methyl/N-ethyl adjacent to an activating group) is 1. The molecule has 25 heavy (non-hydrogen) atoms. The van der Waals surface area contributed by atoms with E-state index in [-0.39, 0.29) is 5.65 Å². The Labute approximate surface area is 141 Å². The fourth-order valence-electron chi connectivity index (χ4n) is 2.29. The molecule has 0 aliphatic rings. The molecule has 0 saturated heterocycles. The fraction of sp³-hybridized carbons (Fsp3) is 0.312. The number of para-hydroxylation sites is 1. The van der Waals surface area contributed by atoms with Crippen LogP contribution in [-0.4, -0.2) is 40.0 Å². The SMILES string of the molecule is Cc1ccccc1OCCN(C)c1ccc2nnc(C(F)(F)F)n2n1. The molecule has 2 heterocycles. The van der Waals surface area contributed by atoms with Gasteiger partial charge in [0.2, 0.25) is 0 Å². The van der Waals surface area contributed by atoms with Crippen LogP contribution in [0, 0.1) is 6.92 Å². The minimum absolute atomic E-state index is 0.0423. The van der Waals surface area contributed by atoms with E-state index in [4.69, 9.17) is 4.74 Å². The summed E-state index contributed by atoms with van der Waals surface area (Å²) in [4.78, 5) is 1.71. The van der Waals surface area contributed by atoms with Gasteiger partial charge in [-0.2, -0.15) is 17.7 Å². The van der Waals surface area contributed by atoms with Gasteiger partial charge in [-0.05, 0) is 30.7 Å². The summed E-state index contributed by atoms with van der Waals surface area (Å²) in [5, 5.41) is 10.6. The van der Waals surface area contributed by atoms with Crippen molar-refractivity contribution in [3.63, 3.8) is 0 Å². The zero-order valence-electron chi connectivity index (χ0n) is 13.7. The minimum atomic E-state index is -4.61. The Kier molecular flexibility index (Phi) is 4.47. The monoisotopic (exact) mass is 351 g/mol. The quantitative estimate of drug-likeness (QED) is 0.707. The summed E-state index contributed by atoms with van der Waals surface area (Å²) in [6.45, 7) is 2.77. The first-order chi connectivity index (χ1) is 11.9. The second kappa shape index (κ2) is 6.58. The number of rotatable bonds is 5. The standard InChI is InChI=1S/C16H16F3N5O/c1-11-5-3-4-6-12(11)25-10-9-23(2)14-8-7-13-20-21-15(16(17,18)19)24(13)22-14/h3-8H,9-10H2,1-2H3. The maximum Gasteiger partial charge on any atom is 0.453 e. The molecule has 0 radical (unpaired) electrons. The highest BCUT2D eigenvalue weighted by atomic mass is 19.4. The molecule has 0 amide bonds. The predicted molar refractivity (Wildman–Crippen MR) is 85.7 cm³/mol. The lowest BCUT2D eigenvalue weighted by Gasteiger charge is -2.19. The average molecular weight is 351 g/mol. The molecule has 132 valence electrons. The number of halogens is 3. The van der Waals surface area contributed by atoms with Crippen LogP contribution in [0.2, 0.25) is 0 Å². The van der Waals surface area contributed by atoms with Crippen molar-refractivity contribution < 1.29 is 17.9 Å². The van der Waals surface area contributed by atoms with Crippen molar-refractivity contribution in [2.75, 3.05) is 25.1 Å². The number of anilines is 1. The highest BCUT2D eigenvalue weighted by molar-refractivity contribution is 5.45. The van der Waals surface area contributed by atoms with E-state index in [1.165, 1.54) is 6.07 Å². The number of benzene rings is 1. The number of ether oxygens (including phenoxy) is 1. The van der Waals surface area contributed by atoms with Gasteiger partial charge in [-0.3, -0.25) is 0 Å². The summed E-state index contributed by atoms with van der Waals surface area (Å²) >= 11 is 0. The van der Waals surface area contributed by atoms with E-state index < -0.39 is 12.0 Å². The Morgan fingerprint density at radius 2 is 1.88 bits per heavy atom. The summed E-state index contributed by atoms with van der Waals surface area (Å²) in [5.74, 6) is -0.00225. The van der Waals surface area contributed by atoms with Gasteiger partial charge in [-0.25, -0.2) is 0 Å². The molecule has 3 rings (SSSR count). The van der Waals surface area contributed by atoms with Crippen LogP contribution in [0.5, 0.6) is 5.75 Å².